The van der Waals surface area contributed by atoms with E-state index in [2.05, 4.69) is 14.9 Å². The molecule has 2 aromatic heterocycles. The van der Waals surface area contributed by atoms with Crippen LogP contribution in [0, 0.1) is 13.8 Å². The first-order valence-electron chi connectivity index (χ1n) is 11.6. The Hall–Kier alpha value is -3.52. The van der Waals surface area contributed by atoms with Gasteiger partial charge in [-0.3, -0.25) is 19.9 Å². The van der Waals surface area contributed by atoms with E-state index in [1.165, 1.54) is 0 Å². The van der Waals surface area contributed by atoms with Crippen LogP contribution in [0.3, 0.4) is 0 Å². The van der Waals surface area contributed by atoms with Crippen molar-refractivity contribution in [1.29, 1.82) is 0 Å². The molecule has 2 amide bonds. The number of nitrogens with zero attached hydrogens (tertiary/aromatic N) is 5. The lowest BCUT2D eigenvalue weighted by atomic mass is 10.0. The maximum absolute atomic E-state index is 13.0. The smallest absolute Gasteiger partial charge is 0.258 e. The second-order valence-electron chi connectivity index (χ2n) is 9.13. The third kappa shape index (κ3) is 5.17. The summed E-state index contributed by atoms with van der Waals surface area (Å²) >= 11 is 0. The molecule has 34 heavy (non-hydrogen) atoms. The molecule has 1 atom stereocenters. The van der Waals surface area contributed by atoms with Crippen LogP contribution in [0.4, 0.5) is 5.95 Å². The number of aromatic nitrogens is 3. The van der Waals surface area contributed by atoms with Gasteiger partial charge in [0.2, 0.25) is 11.9 Å². The molecule has 3 aromatic rings. The highest BCUT2D eigenvalue weighted by Gasteiger charge is 2.28. The summed E-state index contributed by atoms with van der Waals surface area (Å²) in [4.78, 5) is 38.7. The van der Waals surface area contributed by atoms with Crippen molar-refractivity contribution in [2.24, 2.45) is 0 Å². The van der Waals surface area contributed by atoms with Crippen molar-refractivity contribution >= 4 is 28.8 Å². The van der Waals surface area contributed by atoms with Gasteiger partial charge in [-0.05, 0) is 64.5 Å². The number of carbonyl (C=O) groups is 2. The number of rotatable bonds is 6. The lowest BCUT2D eigenvalue weighted by Gasteiger charge is -2.34. The van der Waals surface area contributed by atoms with Crippen LogP contribution in [0.15, 0.2) is 48.7 Å². The molecule has 1 fully saturated rings. The number of aryl methyl sites for hydroxylation is 2. The van der Waals surface area contributed by atoms with Crippen LogP contribution in [0.5, 0.6) is 0 Å². The molecule has 178 valence electrons. The first kappa shape index (κ1) is 23.6. The summed E-state index contributed by atoms with van der Waals surface area (Å²) in [6.45, 7) is 5.93. The molecule has 8 nitrogen and oxygen atoms in total. The first-order valence-corrected chi connectivity index (χ1v) is 11.6. The molecule has 1 aliphatic rings. The zero-order valence-corrected chi connectivity index (χ0v) is 20.3. The average Bonchev–Trinajstić information content (AvgIpc) is 3.18. The fourth-order valence-electron chi connectivity index (χ4n) is 4.46. The van der Waals surface area contributed by atoms with Crippen LogP contribution < -0.4 is 5.32 Å². The Bertz CT molecular complexity index is 1230. The lowest BCUT2D eigenvalue weighted by Crippen LogP contribution is -2.40. The normalized spacial score (nSPS) is 16.5. The number of nitrogens with one attached hydrogen (secondary N) is 1. The van der Waals surface area contributed by atoms with Gasteiger partial charge in [0.1, 0.15) is 0 Å². The minimum atomic E-state index is -0.227. The number of likely N-dealkylation sites (N-methyl/N-ethyl adjacent to an activating group) is 1. The third-order valence-corrected chi connectivity index (χ3v) is 6.10. The number of para-hydroxylation sites is 1. The van der Waals surface area contributed by atoms with E-state index >= 15 is 0 Å². The van der Waals surface area contributed by atoms with Gasteiger partial charge in [-0.1, -0.05) is 18.2 Å². The van der Waals surface area contributed by atoms with Crippen LogP contribution in [-0.2, 0) is 4.79 Å². The summed E-state index contributed by atoms with van der Waals surface area (Å²) in [5.41, 5.74) is 4.22. The maximum Gasteiger partial charge on any atom is 0.258 e. The topological polar surface area (TPSA) is 83.4 Å². The standard InChI is InChI=1S/C26H32N6O2/c1-18-8-5-10-22-24(18)32(26(28-22)29-25(34)20-12-13-27-19(2)16-20)21-9-6-15-31(17-21)23(33)11-7-14-30(3)4/h5,7-8,10-13,16,21H,6,9,14-15,17H2,1-4H3,(H,28,29,34). The van der Waals surface area contributed by atoms with Gasteiger partial charge in [0, 0.05) is 43.2 Å². The van der Waals surface area contributed by atoms with E-state index < -0.39 is 0 Å². The predicted octanol–water partition coefficient (Wildman–Crippen LogP) is 3.58. The van der Waals surface area contributed by atoms with E-state index in [4.69, 9.17) is 4.98 Å². The van der Waals surface area contributed by atoms with Gasteiger partial charge >= 0.3 is 0 Å². The van der Waals surface area contributed by atoms with E-state index in [1.807, 2.05) is 62.0 Å². The molecule has 0 radical (unpaired) electrons. The number of hydrogen-bond acceptors (Lipinski definition) is 5. The van der Waals surface area contributed by atoms with Crippen molar-refractivity contribution in [3.63, 3.8) is 0 Å². The highest BCUT2D eigenvalue weighted by molar-refractivity contribution is 6.04. The Morgan fingerprint density at radius 2 is 2.06 bits per heavy atom. The number of anilines is 1. The van der Waals surface area contributed by atoms with Gasteiger partial charge in [-0.15, -0.1) is 0 Å². The molecule has 1 unspecified atom stereocenters. The summed E-state index contributed by atoms with van der Waals surface area (Å²) in [6.07, 6.45) is 6.98. The van der Waals surface area contributed by atoms with Crippen LogP contribution in [0.2, 0.25) is 0 Å². The van der Waals surface area contributed by atoms with Crippen molar-refractivity contribution in [2.75, 3.05) is 39.0 Å². The van der Waals surface area contributed by atoms with Gasteiger partial charge in [0.05, 0.1) is 17.1 Å². The van der Waals surface area contributed by atoms with Crippen molar-refractivity contribution in [1.82, 2.24) is 24.3 Å². The SMILES string of the molecule is Cc1cc(C(=O)Nc2nc3cccc(C)c3n2C2CCCN(C(=O)C=CCN(C)C)C2)ccn1. The van der Waals surface area contributed by atoms with Gasteiger partial charge < -0.3 is 14.4 Å². The Morgan fingerprint density at radius 3 is 2.82 bits per heavy atom. The lowest BCUT2D eigenvalue weighted by molar-refractivity contribution is -0.127. The van der Waals surface area contributed by atoms with Crippen molar-refractivity contribution < 1.29 is 9.59 Å². The van der Waals surface area contributed by atoms with E-state index in [0.717, 1.165) is 48.2 Å². The van der Waals surface area contributed by atoms with Crippen molar-refractivity contribution in [3.8, 4) is 0 Å². The molecule has 1 saturated heterocycles. The number of hydrogen-bond donors (Lipinski definition) is 1. The summed E-state index contributed by atoms with van der Waals surface area (Å²) in [5.74, 6) is 0.298. The first-order chi connectivity index (χ1) is 16.3. The maximum atomic E-state index is 13.0. The molecule has 1 aliphatic heterocycles. The fraction of sp³-hybridized carbons (Fsp3) is 0.385. The van der Waals surface area contributed by atoms with Crippen LogP contribution in [0.25, 0.3) is 11.0 Å². The zero-order valence-electron chi connectivity index (χ0n) is 20.3. The average molecular weight is 461 g/mol. The second kappa shape index (κ2) is 10.2. The fourth-order valence-corrected chi connectivity index (χ4v) is 4.46. The Labute approximate surface area is 200 Å². The van der Waals surface area contributed by atoms with Gasteiger partial charge in [-0.2, -0.15) is 0 Å². The quantitative estimate of drug-likeness (QED) is 0.569. The summed E-state index contributed by atoms with van der Waals surface area (Å²) in [5, 5.41) is 3.02. The molecule has 0 bridgehead atoms. The Morgan fingerprint density at radius 1 is 1.24 bits per heavy atom. The number of benzene rings is 1. The van der Waals surface area contributed by atoms with E-state index in [9.17, 15) is 9.59 Å². The van der Waals surface area contributed by atoms with Gasteiger partial charge in [0.15, 0.2) is 0 Å². The van der Waals surface area contributed by atoms with Crippen molar-refractivity contribution in [2.45, 2.75) is 32.7 Å². The molecular weight excluding hydrogens is 428 g/mol. The Kier molecular flexibility index (Phi) is 7.07. The number of imidazole rings is 1. The molecule has 1 aromatic carbocycles. The highest BCUT2D eigenvalue weighted by atomic mass is 16.2. The number of fused-ring (bicyclic) bond motifs is 1. The zero-order chi connectivity index (χ0) is 24.2. The van der Waals surface area contributed by atoms with E-state index in [0.29, 0.717) is 18.1 Å². The van der Waals surface area contributed by atoms with Crippen LogP contribution in [-0.4, -0.2) is 69.9 Å². The molecule has 1 N–H and O–H groups in total. The molecule has 0 spiro atoms. The van der Waals surface area contributed by atoms with Gasteiger partial charge in [0.25, 0.3) is 5.91 Å². The van der Waals surface area contributed by atoms with Crippen LogP contribution >= 0.6 is 0 Å². The molecule has 8 heteroatoms. The predicted molar refractivity (Wildman–Crippen MR) is 134 cm³/mol. The number of piperidine rings is 1. The molecular formula is C26H32N6O2. The number of pyridine rings is 1. The number of likely N-dealkylation sites (tertiary alicyclic amines) is 1. The van der Waals surface area contributed by atoms with E-state index in [-0.39, 0.29) is 17.9 Å². The molecule has 4 rings (SSSR count). The molecule has 0 aliphatic carbocycles. The van der Waals surface area contributed by atoms with E-state index in [1.54, 1.807) is 24.4 Å². The molecule has 3 heterocycles. The van der Waals surface area contributed by atoms with Crippen LogP contribution in [0.1, 0.15) is 40.5 Å². The summed E-state index contributed by atoms with van der Waals surface area (Å²) in [7, 11) is 3.95. The minimum absolute atomic E-state index is 0.0144. The largest absolute Gasteiger partial charge is 0.337 e. The summed E-state index contributed by atoms with van der Waals surface area (Å²) in [6, 6.07) is 9.45. The third-order valence-electron chi connectivity index (χ3n) is 6.10. The van der Waals surface area contributed by atoms with Gasteiger partial charge in [-0.25, -0.2) is 4.98 Å². The number of amides is 2. The summed E-state index contributed by atoms with van der Waals surface area (Å²) < 4.78 is 2.11. The van der Waals surface area contributed by atoms with Crippen molar-refractivity contribution in [3.05, 3.63) is 65.5 Å². The second-order valence-corrected chi connectivity index (χ2v) is 9.13. The Balaban J connectivity index is 1.65. The molecule has 0 saturated carbocycles. The highest BCUT2D eigenvalue weighted by Crippen LogP contribution is 2.32. The minimum Gasteiger partial charge on any atom is -0.337 e. The number of carbonyl (C=O) groups excluding carboxylic acids is 2. The monoisotopic (exact) mass is 460 g/mol.